The van der Waals surface area contributed by atoms with Gasteiger partial charge in [0.15, 0.2) is 0 Å². The van der Waals surface area contributed by atoms with Gasteiger partial charge in [0, 0.05) is 17.7 Å². The molecule has 0 fully saturated rings. The Morgan fingerprint density at radius 1 is 1.18 bits per heavy atom. The van der Waals surface area contributed by atoms with E-state index in [0.717, 1.165) is 12.3 Å². The molecule has 0 aliphatic rings. The maximum atomic E-state index is 13.1. The maximum Gasteiger partial charge on any atom is 0.287 e. The summed E-state index contributed by atoms with van der Waals surface area (Å²) in [6, 6.07) is 14.7. The first-order chi connectivity index (χ1) is 13.5. The minimum atomic E-state index is -0.544. The minimum absolute atomic E-state index is 0.126. The van der Waals surface area contributed by atoms with Crippen molar-refractivity contribution in [1.29, 1.82) is 0 Å². The smallest absolute Gasteiger partial charge is 0.287 e. The number of ether oxygens (including phenoxy) is 1. The second kappa shape index (κ2) is 8.49. The van der Waals surface area contributed by atoms with E-state index < -0.39 is 16.6 Å². The van der Waals surface area contributed by atoms with Crippen LogP contribution in [-0.2, 0) is 0 Å². The summed E-state index contributed by atoms with van der Waals surface area (Å²) in [7, 11) is 0. The lowest BCUT2D eigenvalue weighted by atomic mass is 10.2. The van der Waals surface area contributed by atoms with E-state index in [0.29, 0.717) is 11.3 Å². The Labute approximate surface area is 158 Å². The van der Waals surface area contributed by atoms with Crippen LogP contribution in [0.5, 0.6) is 11.6 Å². The lowest BCUT2D eigenvalue weighted by Crippen LogP contribution is -2.17. The molecule has 9 heteroatoms. The summed E-state index contributed by atoms with van der Waals surface area (Å²) in [5, 5.41) is 14.4. The van der Waals surface area contributed by atoms with Crippen molar-refractivity contribution in [3.63, 3.8) is 0 Å². The van der Waals surface area contributed by atoms with E-state index in [4.69, 9.17) is 4.74 Å². The maximum absolute atomic E-state index is 13.1. The van der Waals surface area contributed by atoms with E-state index in [1.807, 2.05) is 0 Å². The fraction of sp³-hybridized carbons (Fsp3) is 0. The Balaban J connectivity index is 1.57. The van der Waals surface area contributed by atoms with Gasteiger partial charge in [-0.2, -0.15) is 5.10 Å². The third kappa shape index (κ3) is 4.94. The van der Waals surface area contributed by atoms with Crippen LogP contribution in [0.1, 0.15) is 15.9 Å². The van der Waals surface area contributed by atoms with E-state index in [2.05, 4.69) is 15.5 Å². The molecule has 0 spiro atoms. The highest BCUT2D eigenvalue weighted by molar-refractivity contribution is 5.94. The SMILES string of the molecule is O=C(NN=Cc1ccc(Oc2ccc([N+](=O)[O-])cn2)cc1)c1cccc(F)c1. The van der Waals surface area contributed by atoms with Crippen molar-refractivity contribution in [2.24, 2.45) is 5.10 Å². The topological polar surface area (TPSA) is 107 Å². The molecular formula is C19H13FN4O4. The summed E-state index contributed by atoms with van der Waals surface area (Å²) in [6.07, 6.45) is 2.53. The molecule has 28 heavy (non-hydrogen) atoms. The number of aromatic nitrogens is 1. The van der Waals surface area contributed by atoms with Gasteiger partial charge in [0.1, 0.15) is 17.8 Å². The summed E-state index contributed by atoms with van der Waals surface area (Å²) in [4.78, 5) is 25.8. The summed E-state index contributed by atoms with van der Waals surface area (Å²) in [6.45, 7) is 0. The number of nitrogens with one attached hydrogen (secondary N) is 1. The van der Waals surface area contributed by atoms with Gasteiger partial charge in [0.2, 0.25) is 5.88 Å². The van der Waals surface area contributed by atoms with Crippen LogP contribution in [0.4, 0.5) is 10.1 Å². The number of hydrogen-bond acceptors (Lipinski definition) is 6. The van der Waals surface area contributed by atoms with Gasteiger partial charge in [-0.1, -0.05) is 6.07 Å². The van der Waals surface area contributed by atoms with Gasteiger partial charge in [-0.05, 0) is 48.0 Å². The van der Waals surface area contributed by atoms with Crippen LogP contribution in [-0.4, -0.2) is 22.0 Å². The van der Waals surface area contributed by atoms with Crippen LogP contribution in [0.15, 0.2) is 72.0 Å². The first kappa shape index (κ1) is 18.6. The molecule has 0 radical (unpaired) electrons. The Hall–Kier alpha value is -4.14. The number of carbonyl (C=O) groups excluding carboxylic acids is 1. The monoisotopic (exact) mass is 380 g/mol. The highest BCUT2D eigenvalue weighted by Gasteiger charge is 2.07. The molecular weight excluding hydrogens is 367 g/mol. The molecule has 2 aromatic carbocycles. The zero-order valence-corrected chi connectivity index (χ0v) is 14.3. The number of carbonyl (C=O) groups is 1. The highest BCUT2D eigenvalue weighted by atomic mass is 19.1. The molecule has 1 heterocycles. The quantitative estimate of drug-likeness (QED) is 0.399. The van der Waals surface area contributed by atoms with Gasteiger partial charge >= 0.3 is 0 Å². The second-order valence-electron chi connectivity index (χ2n) is 5.49. The lowest BCUT2D eigenvalue weighted by molar-refractivity contribution is -0.385. The predicted octanol–water partition coefficient (Wildman–Crippen LogP) is 3.69. The van der Waals surface area contributed by atoms with E-state index >= 15 is 0 Å². The Kier molecular flexibility index (Phi) is 5.66. The third-order valence-electron chi connectivity index (χ3n) is 3.50. The number of nitro groups is 1. The molecule has 0 unspecified atom stereocenters. The molecule has 0 saturated heterocycles. The first-order valence-corrected chi connectivity index (χ1v) is 7.98. The van der Waals surface area contributed by atoms with Crippen LogP contribution >= 0.6 is 0 Å². The molecule has 140 valence electrons. The second-order valence-corrected chi connectivity index (χ2v) is 5.49. The fourth-order valence-electron chi connectivity index (χ4n) is 2.14. The van der Waals surface area contributed by atoms with Crippen molar-refractivity contribution in [3.8, 4) is 11.6 Å². The largest absolute Gasteiger partial charge is 0.439 e. The minimum Gasteiger partial charge on any atom is -0.439 e. The van der Waals surface area contributed by atoms with E-state index in [1.165, 1.54) is 36.5 Å². The van der Waals surface area contributed by atoms with Crippen LogP contribution < -0.4 is 10.2 Å². The summed E-state index contributed by atoms with van der Waals surface area (Å²) in [5.41, 5.74) is 3.03. The van der Waals surface area contributed by atoms with Crippen LogP contribution in [0, 0.1) is 15.9 Å². The standard InChI is InChI=1S/C19H13FN4O4/c20-15-3-1-2-14(10-15)19(25)23-22-11-13-4-7-17(8-5-13)28-18-9-6-16(12-21-18)24(26)27/h1-12H,(H,23,25). The van der Waals surface area contributed by atoms with E-state index in [-0.39, 0.29) is 17.1 Å². The molecule has 1 N–H and O–H groups in total. The van der Waals surface area contributed by atoms with Gasteiger partial charge in [-0.25, -0.2) is 14.8 Å². The molecule has 0 aliphatic carbocycles. The van der Waals surface area contributed by atoms with Crippen molar-refractivity contribution in [3.05, 3.63) is 93.9 Å². The summed E-state index contributed by atoms with van der Waals surface area (Å²) >= 11 is 0. The average molecular weight is 380 g/mol. The van der Waals surface area contributed by atoms with Crippen LogP contribution in [0.2, 0.25) is 0 Å². The number of hydrazone groups is 1. The zero-order valence-electron chi connectivity index (χ0n) is 14.3. The van der Waals surface area contributed by atoms with Crippen molar-refractivity contribution in [1.82, 2.24) is 10.4 Å². The summed E-state index contributed by atoms with van der Waals surface area (Å²) in [5.74, 6) is -0.341. The normalized spacial score (nSPS) is 10.6. The van der Waals surface area contributed by atoms with Gasteiger partial charge in [0.05, 0.1) is 11.1 Å². The number of halogens is 1. The highest BCUT2D eigenvalue weighted by Crippen LogP contribution is 2.21. The Morgan fingerprint density at radius 2 is 1.96 bits per heavy atom. The number of benzene rings is 2. The fourth-order valence-corrected chi connectivity index (χ4v) is 2.14. The molecule has 3 rings (SSSR count). The van der Waals surface area contributed by atoms with E-state index in [1.54, 1.807) is 24.3 Å². The van der Waals surface area contributed by atoms with Gasteiger partial charge in [-0.15, -0.1) is 0 Å². The number of amides is 1. The molecule has 0 saturated carbocycles. The molecule has 0 aliphatic heterocycles. The number of pyridine rings is 1. The molecule has 1 amide bonds. The number of nitrogens with zero attached hydrogens (tertiary/aromatic N) is 3. The van der Waals surface area contributed by atoms with Crippen molar-refractivity contribution in [2.75, 3.05) is 0 Å². The molecule has 0 bridgehead atoms. The molecule has 0 atom stereocenters. The Bertz CT molecular complexity index is 1020. The predicted molar refractivity (Wildman–Crippen MR) is 98.9 cm³/mol. The van der Waals surface area contributed by atoms with Crippen molar-refractivity contribution >= 4 is 17.8 Å². The Morgan fingerprint density at radius 3 is 2.61 bits per heavy atom. The average Bonchev–Trinajstić information content (AvgIpc) is 2.69. The van der Waals surface area contributed by atoms with Crippen molar-refractivity contribution in [2.45, 2.75) is 0 Å². The van der Waals surface area contributed by atoms with Crippen molar-refractivity contribution < 1.29 is 18.8 Å². The van der Waals surface area contributed by atoms with Crippen LogP contribution in [0.3, 0.4) is 0 Å². The number of rotatable bonds is 6. The zero-order chi connectivity index (χ0) is 19.9. The third-order valence-corrected chi connectivity index (χ3v) is 3.50. The first-order valence-electron chi connectivity index (χ1n) is 7.98. The van der Waals surface area contributed by atoms with Crippen LogP contribution in [0.25, 0.3) is 0 Å². The van der Waals surface area contributed by atoms with Gasteiger partial charge in [0.25, 0.3) is 11.6 Å². The summed E-state index contributed by atoms with van der Waals surface area (Å²) < 4.78 is 18.6. The molecule has 3 aromatic rings. The molecule has 8 nitrogen and oxygen atoms in total. The van der Waals surface area contributed by atoms with Gasteiger partial charge in [-0.3, -0.25) is 14.9 Å². The lowest BCUT2D eigenvalue weighted by Gasteiger charge is -2.04. The van der Waals surface area contributed by atoms with E-state index in [9.17, 15) is 19.3 Å². The molecule has 1 aromatic heterocycles. The number of hydrogen-bond donors (Lipinski definition) is 1. The van der Waals surface area contributed by atoms with Gasteiger partial charge < -0.3 is 4.74 Å².